The second-order valence-corrected chi connectivity index (χ2v) is 11.5. The fourth-order valence-electron chi connectivity index (χ4n) is 6.69. The molecule has 3 N–H and O–H groups in total. The van der Waals surface area contributed by atoms with Crippen LogP contribution in [0.15, 0.2) is 103 Å². The average Bonchev–Trinajstić information content (AvgIpc) is 3.01. The number of rotatable bonds is 3. The van der Waals surface area contributed by atoms with Gasteiger partial charge < -0.3 is 10.8 Å². The fourth-order valence-corrected chi connectivity index (χ4v) is 6.92. The van der Waals surface area contributed by atoms with Crippen LogP contribution in [-0.2, 0) is 12.6 Å². The Balaban J connectivity index is 1.49. The number of hydrogen-bond donors (Lipinski definition) is 2. The molecule has 2 aliphatic carbocycles. The van der Waals surface area contributed by atoms with E-state index < -0.39 is 28.9 Å². The van der Waals surface area contributed by atoms with E-state index in [2.05, 4.69) is 18.2 Å². The lowest BCUT2D eigenvalue weighted by Gasteiger charge is -2.29. The van der Waals surface area contributed by atoms with Crippen molar-refractivity contribution in [3.05, 3.63) is 124 Å². The van der Waals surface area contributed by atoms with Crippen LogP contribution >= 0.6 is 11.6 Å². The molecule has 0 aromatic heterocycles. The van der Waals surface area contributed by atoms with Crippen LogP contribution in [0.25, 0.3) is 38.2 Å². The quantitative estimate of drug-likeness (QED) is 0.214. The van der Waals surface area contributed by atoms with E-state index in [0.29, 0.717) is 23.1 Å². The Morgan fingerprint density at radius 2 is 1.64 bits per heavy atom. The number of primary amides is 1. The molecule has 8 heteroatoms. The summed E-state index contributed by atoms with van der Waals surface area (Å²) in [5.41, 5.74) is 11.0. The molecule has 1 unspecified atom stereocenters. The highest BCUT2D eigenvalue weighted by Crippen LogP contribution is 2.47. The molecule has 0 aliphatic heterocycles. The molecule has 4 nitrogen and oxygen atoms in total. The minimum absolute atomic E-state index is 0.0495. The normalized spacial score (nSPS) is 16.2. The van der Waals surface area contributed by atoms with Crippen LogP contribution in [0.2, 0.25) is 5.02 Å². The smallest absolute Gasteiger partial charge is 0.388 e. The van der Waals surface area contributed by atoms with Crippen LogP contribution in [0, 0.1) is 0 Å². The Morgan fingerprint density at radius 3 is 2.43 bits per heavy atom. The summed E-state index contributed by atoms with van der Waals surface area (Å²) in [6.07, 6.45) is 1.02. The van der Waals surface area contributed by atoms with Gasteiger partial charge in [0.05, 0.1) is 28.1 Å². The Kier molecular flexibility index (Phi) is 6.76. The third-order valence-corrected chi connectivity index (χ3v) is 8.98. The molecule has 0 bridgehead atoms. The van der Waals surface area contributed by atoms with E-state index >= 15 is 0 Å². The summed E-state index contributed by atoms with van der Waals surface area (Å²) < 4.78 is 41.7. The predicted molar refractivity (Wildman–Crippen MR) is 170 cm³/mol. The highest BCUT2D eigenvalue weighted by molar-refractivity contribution is 6.31. The van der Waals surface area contributed by atoms with Crippen LogP contribution in [0.5, 0.6) is 0 Å². The molecule has 1 atom stereocenters. The van der Waals surface area contributed by atoms with Crippen LogP contribution in [0.1, 0.15) is 29.5 Å². The second kappa shape index (κ2) is 10.5. The lowest BCUT2D eigenvalue weighted by molar-refractivity contribution is -0.137. The van der Waals surface area contributed by atoms with Crippen LogP contribution in [-0.4, -0.2) is 17.2 Å². The molecule has 0 spiro atoms. The number of allylic oxidation sites excluding steroid dienone is 2. The highest BCUT2D eigenvalue weighted by Gasteiger charge is 2.35. The van der Waals surface area contributed by atoms with Gasteiger partial charge in [0.25, 0.3) is 0 Å². The van der Waals surface area contributed by atoms with E-state index in [-0.39, 0.29) is 5.69 Å². The van der Waals surface area contributed by atoms with Gasteiger partial charge in [-0.3, -0.25) is 4.90 Å². The maximum Gasteiger partial charge on any atom is 0.417 e. The maximum absolute atomic E-state index is 13.9. The summed E-state index contributed by atoms with van der Waals surface area (Å²) in [5, 5.41) is 13.5. The Labute approximate surface area is 256 Å². The lowest BCUT2D eigenvalue weighted by Crippen LogP contribution is -2.32. The number of alkyl halides is 3. The van der Waals surface area contributed by atoms with E-state index in [1.807, 2.05) is 60.7 Å². The van der Waals surface area contributed by atoms with Crippen molar-refractivity contribution in [2.45, 2.75) is 31.5 Å². The van der Waals surface area contributed by atoms with Crippen molar-refractivity contribution >= 4 is 56.1 Å². The van der Waals surface area contributed by atoms with E-state index in [9.17, 15) is 23.1 Å². The molecule has 5 aromatic rings. The summed E-state index contributed by atoms with van der Waals surface area (Å²) in [5.74, 6) is 0. The topological polar surface area (TPSA) is 66.6 Å². The maximum atomic E-state index is 13.9. The summed E-state index contributed by atoms with van der Waals surface area (Å²) in [4.78, 5) is 14.3. The van der Waals surface area contributed by atoms with Gasteiger partial charge in [-0.2, -0.15) is 13.2 Å². The molecule has 0 heterocycles. The zero-order valence-corrected chi connectivity index (χ0v) is 24.1. The van der Waals surface area contributed by atoms with Gasteiger partial charge >= 0.3 is 12.2 Å². The minimum atomic E-state index is -4.73. The number of aryl methyl sites for hydroxylation is 1. The summed E-state index contributed by atoms with van der Waals surface area (Å²) >= 11 is 5.93. The number of amides is 2. The van der Waals surface area contributed by atoms with Crippen LogP contribution < -0.4 is 10.6 Å². The molecule has 44 heavy (non-hydrogen) atoms. The van der Waals surface area contributed by atoms with Crippen molar-refractivity contribution in [3.8, 4) is 11.1 Å². The number of hydrogen-bond acceptors (Lipinski definition) is 2. The molecule has 0 saturated heterocycles. The summed E-state index contributed by atoms with van der Waals surface area (Å²) in [6.45, 7) is 0. The summed E-state index contributed by atoms with van der Waals surface area (Å²) in [7, 11) is 0. The van der Waals surface area contributed by atoms with Crippen LogP contribution in [0.3, 0.4) is 0 Å². The SMILES string of the molecule is NC(=O)N(c1ccc(Cl)c(C(F)(F)F)c1)c1c(-c2cccc3c4c(ccc23)C2=C(CC4)C(O)CC=C2)ccc2ccccc12. The largest absolute Gasteiger partial charge is 0.417 e. The molecule has 2 aliphatic rings. The number of carbonyl (C=O) groups is 1. The van der Waals surface area contributed by atoms with E-state index in [1.54, 1.807) is 0 Å². The Bertz CT molecular complexity index is 2070. The van der Waals surface area contributed by atoms with Crippen molar-refractivity contribution in [3.63, 3.8) is 0 Å². The molecule has 7 rings (SSSR count). The van der Waals surface area contributed by atoms with Crippen molar-refractivity contribution in [1.82, 2.24) is 0 Å². The summed E-state index contributed by atoms with van der Waals surface area (Å²) in [6, 6.07) is 23.7. The first-order valence-corrected chi connectivity index (χ1v) is 14.6. The van der Waals surface area contributed by atoms with E-state index in [0.717, 1.165) is 68.3 Å². The number of nitrogens with two attached hydrogens (primary N) is 1. The standard InChI is InChI=1S/C36H26ClF3N2O2/c37-32-18-12-21(19-31(32)36(38,39)40)42(35(41)44)34-22-6-2-1-5-20(22)11-13-30(34)25-8-3-7-23-26(25)14-15-28-24-9-4-10-33(43)29(24)17-16-27(23)28/h1-9,11-15,18-19,33,43H,10,16-17H2,(H2,41,44). The van der Waals surface area contributed by atoms with Gasteiger partial charge in [-0.1, -0.05) is 90.5 Å². The second-order valence-electron chi connectivity index (χ2n) is 11.1. The first-order chi connectivity index (χ1) is 21.1. The number of benzene rings is 5. The third-order valence-electron chi connectivity index (χ3n) is 8.65. The number of urea groups is 1. The molecule has 0 radical (unpaired) electrons. The average molecular weight is 611 g/mol. The minimum Gasteiger partial charge on any atom is -0.388 e. The Hall–Kier alpha value is -4.59. The van der Waals surface area contributed by atoms with Gasteiger partial charge in [0.15, 0.2) is 0 Å². The van der Waals surface area contributed by atoms with E-state index in [4.69, 9.17) is 17.3 Å². The molecule has 0 fully saturated rings. The number of halogens is 4. The zero-order chi connectivity index (χ0) is 30.7. The molecule has 0 saturated carbocycles. The van der Waals surface area contributed by atoms with Crippen molar-refractivity contribution in [2.24, 2.45) is 5.73 Å². The third kappa shape index (κ3) is 4.55. The Morgan fingerprint density at radius 1 is 0.864 bits per heavy atom. The van der Waals surface area contributed by atoms with Gasteiger partial charge in [-0.25, -0.2) is 4.79 Å². The van der Waals surface area contributed by atoms with Crippen molar-refractivity contribution < 1.29 is 23.1 Å². The van der Waals surface area contributed by atoms with Gasteiger partial charge in [0.1, 0.15) is 0 Å². The van der Waals surface area contributed by atoms with Gasteiger partial charge in [-0.15, -0.1) is 0 Å². The van der Waals surface area contributed by atoms with Gasteiger partial charge in [0, 0.05) is 10.9 Å². The predicted octanol–water partition coefficient (Wildman–Crippen LogP) is 9.57. The lowest BCUT2D eigenvalue weighted by atomic mass is 9.78. The zero-order valence-electron chi connectivity index (χ0n) is 23.3. The first kappa shape index (κ1) is 28.2. The van der Waals surface area contributed by atoms with Crippen LogP contribution in [0.4, 0.5) is 29.3 Å². The monoisotopic (exact) mass is 610 g/mol. The fraction of sp³-hybridized carbons (Fsp3) is 0.139. The first-order valence-electron chi connectivity index (χ1n) is 14.2. The number of carbonyl (C=O) groups excluding carboxylic acids is 1. The molecular formula is C36H26ClF3N2O2. The molecular weight excluding hydrogens is 585 g/mol. The van der Waals surface area contributed by atoms with Crippen molar-refractivity contribution in [2.75, 3.05) is 4.90 Å². The van der Waals surface area contributed by atoms with Gasteiger partial charge in [-0.05, 0) is 81.5 Å². The number of aliphatic hydroxyl groups is 1. The number of anilines is 2. The highest BCUT2D eigenvalue weighted by atomic mass is 35.5. The number of aliphatic hydroxyl groups excluding tert-OH is 1. The number of fused-ring (bicyclic) bond motifs is 5. The van der Waals surface area contributed by atoms with Gasteiger partial charge in [0.2, 0.25) is 0 Å². The van der Waals surface area contributed by atoms with E-state index in [1.165, 1.54) is 11.6 Å². The number of nitrogens with zero attached hydrogens (tertiary/aromatic N) is 1. The van der Waals surface area contributed by atoms with Crippen molar-refractivity contribution in [1.29, 1.82) is 0 Å². The molecule has 220 valence electrons. The molecule has 2 amide bonds. The molecule has 5 aromatic carbocycles.